The zero-order valence-electron chi connectivity index (χ0n) is 12.0. The molecule has 0 fully saturated rings. The minimum absolute atomic E-state index is 0.0443. The van der Waals surface area contributed by atoms with Gasteiger partial charge in [-0.3, -0.25) is 4.79 Å². The van der Waals surface area contributed by atoms with E-state index in [1.54, 1.807) is 12.1 Å². The molecule has 1 aliphatic rings. The topological polar surface area (TPSA) is 64.3 Å². The number of amides is 1. The fraction of sp³-hybridized carbons (Fsp3) is 0.235. The number of fused-ring (bicyclic) bond motifs is 1. The molecule has 2 aromatic rings. The zero-order valence-corrected chi connectivity index (χ0v) is 12.8. The van der Waals surface area contributed by atoms with Crippen LogP contribution in [0.25, 0.3) is 0 Å². The summed E-state index contributed by atoms with van der Waals surface area (Å²) in [6.07, 6.45) is 0.838. The summed E-state index contributed by atoms with van der Waals surface area (Å²) in [5.74, 6) is 0.549. The van der Waals surface area contributed by atoms with Crippen molar-refractivity contribution < 1.29 is 9.53 Å². The van der Waals surface area contributed by atoms with E-state index in [0.717, 1.165) is 11.1 Å². The van der Waals surface area contributed by atoms with Gasteiger partial charge in [0.05, 0.1) is 12.1 Å². The first kappa shape index (κ1) is 14.9. The van der Waals surface area contributed by atoms with E-state index < -0.39 is 0 Å². The molecule has 1 heterocycles. The van der Waals surface area contributed by atoms with Crippen LogP contribution in [0, 0.1) is 0 Å². The third kappa shape index (κ3) is 3.08. The van der Waals surface area contributed by atoms with Crippen molar-refractivity contribution >= 4 is 23.2 Å². The largest absolute Gasteiger partial charge is 0.483 e. The molecule has 0 radical (unpaired) electrons. The zero-order chi connectivity index (χ0) is 15.5. The Bertz CT molecular complexity index is 689. The number of hydrogen-bond donors (Lipinski definition) is 2. The van der Waals surface area contributed by atoms with Gasteiger partial charge < -0.3 is 15.8 Å². The first-order valence-electron chi connectivity index (χ1n) is 7.21. The second-order valence-corrected chi connectivity index (χ2v) is 5.69. The summed E-state index contributed by atoms with van der Waals surface area (Å²) in [4.78, 5) is 11.6. The average molecular weight is 317 g/mol. The van der Waals surface area contributed by atoms with Crippen LogP contribution in [0.4, 0.5) is 5.69 Å². The van der Waals surface area contributed by atoms with Gasteiger partial charge in [0, 0.05) is 17.5 Å². The smallest absolute Gasteiger partial charge is 0.228 e. The Morgan fingerprint density at radius 2 is 2.05 bits per heavy atom. The number of halogens is 1. The number of benzene rings is 2. The van der Waals surface area contributed by atoms with E-state index in [1.165, 1.54) is 0 Å². The molecule has 0 unspecified atom stereocenters. The van der Waals surface area contributed by atoms with Gasteiger partial charge in [-0.2, -0.15) is 0 Å². The van der Waals surface area contributed by atoms with Crippen molar-refractivity contribution in [3.63, 3.8) is 0 Å². The minimum Gasteiger partial charge on any atom is -0.483 e. The number of carbonyl (C=O) groups excluding carboxylic acids is 1. The molecule has 4 nitrogen and oxygen atoms in total. The van der Waals surface area contributed by atoms with Crippen molar-refractivity contribution in [2.45, 2.75) is 18.9 Å². The lowest BCUT2D eigenvalue weighted by Crippen LogP contribution is -2.14. The predicted molar refractivity (Wildman–Crippen MR) is 87.3 cm³/mol. The monoisotopic (exact) mass is 316 g/mol. The molecule has 1 aliphatic heterocycles. The van der Waals surface area contributed by atoms with Crippen LogP contribution in [0.5, 0.6) is 5.75 Å². The highest BCUT2D eigenvalue weighted by Crippen LogP contribution is 2.39. The maximum Gasteiger partial charge on any atom is 0.228 e. The molecule has 0 aromatic heterocycles. The summed E-state index contributed by atoms with van der Waals surface area (Å²) in [5.41, 5.74) is 8.34. The molecule has 0 bridgehead atoms. The predicted octanol–water partition coefficient (Wildman–Crippen LogP) is 3.30. The van der Waals surface area contributed by atoms with Gasteiger partial charge in [0.2, 0.25) is 5.91 Å². The number of carbonyl (C=O) groups is 1. The number of nitrogens with two attached hydrogens (primary N) is 1. The van der Waals surface area contributed by atoms with E-state index in [0.29, 0.717) is 35.8 Å². The van der Waals surface area contributed by atoms with Crippen molar-refractivity contribution in [2.75, 3.05) is 11.9 Å². The van der Waals surface area contributed by atoms with Crippen LogP contribution in [0.1, 0.15) is 23.7 Å². The average Bonchev–Trinajstić information content (AvgIpc) is 2.88. The second-order valence-electron chi connectivity index (χ2n) is 5.26. The van der Waals surface area contributed by atoms with E-state index in [4.69, 9.17) is 22.1 Å². The van der Waals surface area contributed by atoms with Crippen molar-refractivity contribution in [3.8, 4) is 5.75 Å². The lowest BCUT2D eigenvalue weighted by Gasteiger charge is -2.21. The Balaban J connectivity index is 1.92. The first-order valence-corrected chi connectivity index (χ1v) is 7.59. The fourth-order valence-electron chi connectivity index (χ4n) is 2.63. The Morgan fingerprint density at radius 3 is 2.77 bits per heavy atom. The lowest BCUT2D eigenvalue weighted by molar-refractivity contribution is -0.115. The van der Waals surface area contributed by atoms with Gasteiger partial charge in [0.15, 0.2) is 0 Å². The number of ether oxygens (including phenoxy) is 1. The third-order valence-electron chi connectivity index (χ3n) is 3.63. The van der Waals surface area contributed by atoms with E-state index in [1.807, 2.05) is 30.3 Å². The molecule has 0 saturated heterocycles. The van der Waals surface area contributed by atoms with Crippen molar-refractivity contribution in [1.29, 1.82) is 0 Å². The van der Waals surface area contributed by atoms with Crippen LogP contribution in [0.15, 0.2) is 42.5 Å². The van der Waals surface area contributed by atoms with E-state index in [2.05, 4.69) is 5.32 Å². The molecular formula is C17H17ClN2O2. The van der Waals surface area contributed by atoms with Crippen LogP contribution in [0.2, 0.25) is 5.02 Å². The highest BCUT2D eigenvalue weighted by atomic mass is 35.5. The summed E-state index contributed by atoms with van der Waals surface area (Å²) >= 11 is 6.14. The van der Waals surface area contributed by atoms with Crippen LogP contribution in [-0.2, 0) is 11.2 Å². The molecular weight excluding hydrogens is 300 g/mol. The molecule has 1 amide bonds. The maximum absolute atomic E-state index is 11.6. The Hall–Kier alpha value is -2.04. The summed E-state index contributed by atoms with van der Waals surface area (Å²) in [7, 11) is 0. The molecule has 2 aromatic carbocycles. The van der Waals surface area contributed by atoms with E-state index >= 15 is 0 Å². The summed E-state index contributed by atoms with van der Waals surface area (Å²) in [5, 5.41) is 3.40. The van der Waals surface area contributed by atoms with Gasteiger partial charge in [-0.15, -0.1) is 0 Å². The highest BCUT2D eigenvalue weighted by molar-refractivity contribution is 6.31. The SMILES string of the molecule is NCC[C@@H](Oc1cc(Cl)cc2c1NC(=O)C2)c1ccccc1. The Morgan fingerprint density at radius 1 is 1.27 bits per heavy atom. The van der Waals surface area contributed by atoms with Crippen LogP contribution in [0.3, 0.4) is 0 Å². The number of nitrogens with one attached hydrogen (secondary N) is 1. The van der Waals surface area contributed by atoms with Crippen molar-refractivity contribution in [2.24, 2.45) is 5.73 Å². The van der Waals surface area contributed by atoms with E-state index in [9.17, 15) is 4.79 Å². The maximum atomic E-state index is 11.6. The first-order chi connectivity index (χ1) is 10.7. The lowest BCUT2D eigenvalue weighted by atomic mass is 10.1. The molecule has 22 heavy (non-hydrogen) atoms. The summed E-state index contributed by atoms with van der Waals surface area (Å²) < 4.78 is 6.13. The molecule has 0 saturated carbocycles. The second kappa shape index (κ2) is 6.38. The third-order valence-corrected chi connectivity index (χ3v) is 3.85. The molecule has 3 N–H and O–H groups in total. The van der Waals surface area contributed by atoms with Gasteiger partial charge in [-0.05, 0) is 23.7 Å². The van der Waals surface area contributed by atoms with Crippen LogP contribution >= 0.6 is 11.6 Å². The summed E-state index contributed by atoms with van der Waals surface area (Å²) in [6.45, 7) is 0.509. The quantitative estimate of drug-likeness (QED) is 0.889. The molecule has 0 spiro atoms. The summed E-state index contributed by atoms with van der Waals surface area (Å²) in [6, 6.07) is 13.4. The van der Waals surface area contributed by atoms with Gasteiger partial charge in [-0.1, -0.05) is 41.9 Å². The highest BCUT2D eigenvalue weighted by Gasteiger charge is 2.24. The standard InChI is InChI=1S/C17H17ClN2O2/c18-13-8-12-9-16(21)20-17(12)15(10-13)22-14(6-7-19)11-4-2-1-3-5-11/h1-5,8,10,14H,6-7,9,19H2,(H,20,21)/t14-/m1/s1. The molecule has 5 heteroatoms. The molecule has 3 rings (SSSR count). The molecule has 1 atom stereocenters. The van der Waals surface area contributed by atoms with Gasteiger partial charge in [-0.25, -0.2) is 0 Å². The molecule has 114 valence electrons. The minimum atomic E-state index is -0.175. The number of anilines is 1. The van der Waals surface area contributed by atoms with Crippen LogP contribution in [-0.4, -0.2) is 12.5 Å². The normalized spacial score (nSPS) is 14.4. The van der Waals surface area contributed by atoms with Crippen molar-refractivity contribution in [1.82, 2.24) is 0 Å². The van der Waals surface area contributed by atoms with Crippen molar-refractivity contribution in [3.05, 3.63) is 58.6 Å². The van der Waals surface area contributed by atoms with Gasteiger partial charge >= 0.3 is 0 Å². The number of rotatable bonds is 5. The van der Waals surface area contributed by atoms with Gasteiger partial charge in [0.25, 0.3) is 0 Å². The Kier molecular flexibility index (Phi) is 4.32. The van der Waals surface area contributed by atoms with E-state index in [-0.39, 0.29) is 12.0 Å². The van der Waals surface area contributed by atoms with Crippen LogP contribution < -0.4 is 15.8 Å². The number of hydrogen-bond acceptors (Lipinski definition) is 3. The fourth-order valence-corrected chi connectivity index (χ4v) is 2.86. The Labute approximate surface area is 134 Å². The molecule has 0 aliphatic carbocycles. The van der Waals surface area contributed by atoms with Gasteiger partial charge in [0.1, 0.15) is 11.9 Å².